The lowest BCUT2D eigenvalue weighted by Crippen LogP contribution is -2.30. The minimum Gasteiger partial charge on any atom is -0.369 e. The van der Waals surface area contributed by atoms with Crippen LogP contribution in [0.15, 0.2) is 48.5 Å². The molecular weight excluding hydrogens is 256 g/mol. The molecule has 110 valence electrons. The van der Waals surface area contributed by atoms with Crippen molar-refractivity contribution in [1.29, 1.82) is 0 Å². The number of hydrogen-bond donors (Lipinski definition) is 1. The van der Waals surface area contributed by atoms with Gasteiger partial charge in [0.1, 0.15) is 0 Å². The predicted octanol–water partition coefficient (Wildman–Crippen LogP) is 3.87. The second kappa shape index (κ2) is 5.90. The van der Waals surface area contributed by atoms with Crippen molar-refractivity contribution in [3.8, 4) is 0 Å². The van der Waals surface area contributed by atoms with Crippen LogP contribution in [-0.4, -0.2) is 13.1 Å². The molecule has 3 rings (SSSR count). The van der Waals surface area contributed by atoms with Crippen LogP contribution in [0.3, 0.4) is 0 Å². The van der Waals surface area contributed by atoms with Crippen LogP contribution in [0.5, 0.6) is 0 Å². The van der Waals surface area contributed by atoms with Gasteiger partial charge in [-0.15, -0.1) is 0 Å². The highest BCUT2D eigenvalue weighted by molar-refractivity contribution is 5.58. The molecule has 0 aliphatic carbocycles. The summed E-state index contributed by atoms with van der Waals surface area (Å²) in [7, 11) is 0. The maximum atomic E-state index is 6.42. The van der Waals surface area contributed by atoms with Crippen LogP contribution in [0.2, 0.25) is 0 Å². The maximum absolute atomic E-state index is 6.42. The summed E-state index contributed by atoms with van der Waals surface area (Å²) in [5, 5.41) is 0. The maximum Gasteiger partial charge on any atom is 0.0473 e. The third-order valence-electron chi connectivity index (χ3n) is 4.43. The van der Waals surface area contributed by atoms with E-state index in [9.17, 15) is 0 Å². The molecule has 0 fully saturated rings. The topological polar surface area (TPSA) is 29.3 Å². The van der Waals surface area contributed by atoms with Crippen LogP contribution < -0.4 is 10.6 Å². The van der Waals surface area contributed by atoms with Crippen molar-refractivity contribution < 1.29 is 0 Å². The molecule has 0 aromatic heterocycles. The minimum absolute atomic E-state index is 0.0670. The Labute approximate surface area is 127 Å². The molecule has 2 N–H and O–H groups in total. The SMILES string of the molecule is CC(C)c1ccc(C(N)CN2CCc3ccccc32)cc1. The van der Waals surface area contributed by atoms with E-state index in [4.69, 9.17) is 5.73 Å². The summed E-state index contributed by atoms with van der Waals surface area (Å²) >= 11 is 0. The first-order valence-electron chi connectivity index (χ1n) is 7.83. The molecule has 2 heteroatoms. The van der Waals surface area contributed by atoms with Gasteiger partial charge in [-0.1, -0.05) is 56.3 Å². The largest absolute Gasteiger partial charge is 0.369 e. The van der Waals surface area contributed by atoms with Crippen molar-refractivity contribution in [1.82, 2.24) is 0 Å². The fraction of sp³-hybridized carbons (Fsp3) is 0.368. The average Bonchev–Trinajstić information content (AvgIpc) is 2.91. The molecule has 2 nitrogen and oxygen atoms in total. The van der Waals surface area contributed by atoms with Crippen molar-refractivity contribution >= 4 is 5.69 Å². The molecule has 2 aromatic carbocycles. The number of nitrogens with zero attached hydrogens (tertiary/aromatic N) is 1. The molecule has 21 heavy (non-hydrogen) atoms. The zero-order valence-electron chi connectivity index (χ0n) is 12.9. The van der Waals surface area contributed by atoms with E-state index in [1.165, 1.54) is 22.4 Å². The molecule has 1 atom stereocenters. The molecule has 1 aliphatic heterocycles. The highest BCUT2D eigenvalue weighted by Crippen LogP contribution is 2.29. The fourth-order valence-electron chi connectivity index (χ4n) is 3.07. The highest BCUT2D eigenvalue weighted by atomic mass is 15.2. The Morgan fingerprint density at radius 1 is 1.00 bits per heavy atom. The van der Waals surface area contributed by atoms with E-state index in [2.05, 4.69) is 67.3 Å². The van der Waals surface area contributed by atoms with Crippen molar-refractivity contribution in [2.24, 2.45) is 5.73 Å². The summed E-state index contributed by atoms with van der Waals surface area (Å²) in [4.78, 5) is 2.41. The number of hydrogen-bond acceptors (Lipinski definition) is 2. The van der Waals surface area contributed by atoms with Crippen molar-refractivity contribution in [3.63, 3.8) is 0 Å². The Kier molecular flexibility index (Phi) is 3.98. The highest BCUT2D eigenvalue weighted by Gasteiger charge is 2.20. The van der Waals surface area contributed by atoms with Gasteiger partial charge in [0, 0.05) is 24.8 Å². The Morgan fingerprint density at radius 3 is 2.38 bits per heavy atom. The van der Waals surface area contributed by atoms with Crippen molar-refractivity contribution in [3.05, 3.63) is 65.2 Å². The Bertz CT molecular complexity index is 601. The molecular formula is C19H24N2. The number of fused-ring (bicyclic) bond motifs is 1. The molecule has 1 aliphatic rings. The minimum atomic E-state index is 0.0670. The van der Waals surface area contributed by atoms with Gasteiger partial charge in [0.25, 0.3) is 0 Å². The number of nitrogens with two attached hydrogens (primary N) is 1. The van der Waals surface area contributed by atoms with Gasteiger partial charge >= 0.3 is 0 Å². The monoisotopic (exact) mass is 280 g/mol. The van der Waals surface area contributed by atoms with E-state index in [1.54, 1.807) is 0 Å². The Balaban J connectivity index is 1.71. The van der Waals surface area contributed by atoms with E-state index in [1.807, 2.05) is 0 Å². The smallest absolute Gasteiger partial charge is 0.0473 e. The molecule has 0 spiro atoms. The van der Waals surface area contributed by atoms with Gasteiger partial charge in [-0.25, -0.2) is 0 Å². The molecule has 1 unspecified atom stereocenters. The van der Waals surface area contributed by atoms with Crippen molar-refractivity contribution in [2.45, 2.75) is 32.2 Å². The Hall–Kier alpha value is -1.80. The Morgan fingerprint density at radius 2 is 1.67 bits per heavy atom. The lowest BCUT2D eigenvalue weighted by Gasteiger charge is -2.24. The first-order chi connectivity index (χ1) is 10.1. The second-order valence-corrected chi connectivity index (χ2v) is 6.25. The van der Waals surface area contributed by atoms with E-state index >= 15 is 0 Å². The van der Waals surface area contributed by atoms with Gasteiger partial charge in [0.05, 0.1) is 0 Å². The summed E-state index contributed by atoms with van der Waals surface area (Å²) in [5.74, 6) is 0.570. The number of benzene rings is 2. The van der Waals surface area contributed by atoms with Gasteiger partial charge in [-0.2, -0.15) is 0 Å². The molecule has 0 bridgehead atoms. The lowest BCUT2D eigenvalue weighted by molar-refractivity contribution is 0.680. The van der Waals surface area contributed by atoms with E-state index in [0.717, 1.165) is 19.5 Å². The number of para-hydroxylation sites is 1. The standard InChI is InChI=1S/C19H24N2/c1-14(2)15-7-9-16(10-8-15)18(20)13-21-12-11-17-5-3-4-6-19(17)21/h3-10,14,18H,11-13,20H2,1-2H3. The third kappa shape index (κ3) is 2.96. The van der Waals surface area contributed by atoms with Gasteiger partial charge in [0.2, 0.25) is 0 Å². The third-order valence-corrected chi connectivity index (χ3v) is 4.43. The quantitative estimate of drug-likeness (QED) is 0.921. The summed E-state index contributed by atoms with van der Waals surface area (Å²) < 4.78 is 0. The molecule has 0 saturated carbocycles. The summed E-state index contributed by atoms with van der Waals surface area (Å²) in [6.45, 7) is 6.40. The summed E-state index contributed by atoms with van der Waals surface area (Å²) in [6, 6.07) is 17.5. The van der Waals surface area contributed by atoms with Gasteiger partial charge in [0.15, 0.2) is 0 Å². The van der Waals surface area contributed by atoms with Crippen LogP contribution in [-0.2, 0) is 6.42 Å². The van der Waals surface area contributed by atoms with Crippen LogP contribution >= 0.6 is 0 Å². The zero-order valence-corrected chi connectivity index (χ0v) is 12.9. The lowest BCUT2D eigenvalue weighted by atomic mass is 9.99. The zero-order chi connectivity index (χ0) is 14.8. The van der Waals surface area contributed by atoms with Crippen LogP contribution in [0.25, 0.3) is 0 Å². The molecule has 1 heterocycles. The van der Waals surface area contributed by atoms with Crippen molar-refractivity contribution in [2.75, 3.05) is 18.0 Å². The molecule has 2 aromatic rings. The first kappa shape index (κ1) is 14.2. The second-order valence-electron chi connectivity index (χ2n) is 6.25. The molecule has 0 radical (unpaired) electrons. The van der Waals surface area contributed by atoms with Crippen LogP contribution in [0.1, 0.15) is 42.5 Å². The van der Waals surface area contributed by atoms with E-state index in [-0.39, 0.29) is 6.04 Å². The normalized spacial score (nSPS) is 15.3. The van der Waals surface area contributed by atoms with Gasteiger partial charge in [-0.3, -0.25) is 0 Å². The number of rotatable bonds is 4. The number of anilines is 1. The van der Waals surface area contributed by atoms with E-state index < -0.39 is 0 Å². The van der Waals surface area contributed by atoms with Gasteiger partial charge in [-0.05, 0) is 35.1 Å². The van der Waals surface area contributed by atoms with E-state index in [0.29, 0.717) is 5.92 Å². The summed E-state index contributed by atoms with van der Waals surface area (Å²) in [6.07, 6.45) is 1.13. The van der Waals surface area contributed by atoms with Gasteiger partial charge < -0.3 is 10.6 Å². The predicted molar refractivity (Wildman–Crippen MR) is 89.8 cm³/mol. The first-order valence-corrected chi connectivity index (χ1v) is 7.83. The summed E-state index contributed by atoms with van der Waals surface area (Å²) in [5.41, 5.74) is 11.8. The molecule has 0 amide bonds. The fourth-order valence-corrected chi connectivity index (χ4v) is 3.07. The molecule has 0 saturated heterocycles. The van der Waals surface area contributed by atoms with Crippen LogP contribution in [0.4, 0.5) is 5.69 Å². The average molecular weight is 280 g/mol. The van der Waals surface area contributed by atoms with Crippen LogP contribution in [0, 0.1) is 0 Å².